The van der Waals surface area contributed by atoms with E-state index < -0.39 is 24.9 Å². The van der Waals surface area contributed by atoms with Gasteiger partial charge >= 0.3 is 12.1 Å². The minimum atomic E-state index is -5.55. The van der Waals surface area contributed by atoms with Crippen LogP contribution in [0.4, 0.5) is 22.0 Å². The first kappa shape index (κ1) is 34.6. The molecule has 0 heterocycles. The third-order valence-electron chi connectivity index (χ3n) is 12.4. The van der Waals surface area contributed by atoms with Crippen molar-refractivity contribution in [1.29, 1.82) is 0 Å². The number of carbonyl (C=O) groups is 2. The van der Waals surface area contributed by atoms with E-state index in [9.17, 15) is 36.6 Å². The van der Waals surface area contributed by atoms with Crippen molar-refractivity contribution in [3.05, 3.63) is 0 Å². The van der Waals surface area contributed by atoms with Gasteiger partial charge in [-0.1, -0.05) is 58.8 Å². The first-order valence-electron chi connectivity index (χ1n) is 17.1. The summed E-state index contributed by atoms with van der Waals surface area (Å²) in [4.78, 5) is 24.2. The summed E-state index contributed by atoms with van der Waals surface area (Å²) in [5.41, 5.74) is 0.275. The Kier molecular flexibility index (Phi) is 11.3. The molecule has 4 aliphatic rings. The third-order valence-corrected chi connectivity index (χ3v) is 12.4. The summed E-state index contributed by atoms with van der Waals surface area (Å²) in [5.74, 6) is -1.49. The molecular formula is C34H54F5NO3. The van der Waals surface area contributed by atoms with Gasteiger partial charge in [-0.2, -0.15) is 22.0 Å². The number of carbonyl (C=O) groups excluding carboxylic acids is 2. The number of fused-ring (bicyclic) bond motifs is 5. The molecule has 0 radical (unpaired) electrons. The molecule has 248 valence electrons. The first-order chi connectivity index (χ1) is 20.2. The zero-order valence-electron chi connectivity index (χ0n) is 26.3. The van der Waals surface area contributed by atoms with Crippen LogP contribution in [0.2, 0.25) is 0 Å². The van der Waals surface area contributed by atoms with E-state index in [0.29, 0.717) is 41.8 Å². The lowest BCUT2D eigenvalue weighted by Gasteiger charge is -2.62. The largest absolute Gasteiger partial charge is 0.453 e. The molecule has 8 atom stereocenters. The van der Waals surface area contributed by atoms with Crippen LogP contribution in [0.15, 0.2) is 0 Å². The molecule has 0 saturated heterocycles. The van der Waals surface area contributed by atoms with Crippen LogP contribution in [0, 0.1) is 40.4 Å². The number of alkyl halides is 5. The molecular weight excluding hydrogens is 565 g/mol. The predicted octanol–water partition coefficient (Wildman–Crippen LogP) is 8.79. The van der Waals surface area contributed by atoms with Crippen LogP contribution in [-0.2, 0) is 9.59 Å². The SMILES string of the molecule is C[C@]12CCC(=O)C[C@@H]1CC[C@@H]1[C@@H]2[C@@H](CCCCCCCCCC(=O)NCCCC(F)(F)C(F)(F)F)C[C@]2(C)[C@@H](O)CC[C@@H]12. The van der Waals surface area contributed by atoms with Gasteiger partial charge in [0, 0.05) is 32.2 Å². The Bertz CT molecular complexity index is 957. The lowest BCUT2D eigenvalue weighted by atomic mass is 9.42. The number of aliphatic hydroxyl groups excluding tert-OH is 1. The van der Waals surface area contributed by atoms with Gasteiger partial charge in [-0.3, -0.25) is 9.59 Å². The predicted molar refractivity (Wildman–Crippen MR) is 156 cm³/mol. The maximum absolute atomic E-state index is 12.9. The van der Waals surface area contributed by atoms with Crippen molar-refractivity contribution in [3.8, 4) is 0 Å². The van der Waals surface area contributed by atoms with E-state index in [1.165, 1.54) is 25.7 Å². The van der Waals surface area contributed by atoms with Crippen molar-refractivity contribution in [2.75, 3.05) is 6.54 Å². The van der Waals surface area contributed by atoms with Gasteiger partial charge in [-0.15, -0.1) is 0 Å². The Balaban J connectivity index is 1.14. The lowest BCUT2D eigenvalue weighted by molar-refractivity contribution is -0.284. The summed E-state index contributed by atoms with van der Waals surface area (Å²) in [5, 5.41) is 13.5. The zero-order chi connectivity index (χ0) is 31.5. The Morgan fingerprint density at radius 1 is 0.907 bits per heavy atom. The van der Waals surface area contributed by atoms with E-state index in [2.05, 4.69) is 19.2 Å². The molecule has 1 amide bonds. The number of hydrogen-bond donors (Lipinski definition) is 2. The highest BCUT2D eigenvalue weighted by Gasteiger charge is 2.62. The van der Waals surface area contributed by atoms with Crippen molar-refractivity contribution in [2.24, 2.45) is 40.4 Å². The van der Waals surface area contributed by atoms with Gasteiger partial charge in [0.2, 0.25) is 5.91 Å². The number of amides is 1. The molecule has 0 bridgehead atoms. The molecule has 0 unspecified atom stereocenters. The average molecular weight is 620 g/mol. The van der Waals surface area contributed by atoms with Crippen LogP contribution in [0.5, 0.6) is 0 Å². The lowest BCUT2D eigenvalue weighted by Crippen LogP contribution is -2.57. The topological polar surface area (TPSA) is 66.4 Å². The molecule has 4 aliphatic carbocycles. The van der Waals surface area contributed by atoms with Crippen LogP contribution >= 0.6 is 0 Å². The van der Waals surface area contributed by atoms with E-state index in [4.69, 9.17) is 0 Å². The van der Waals surface area contributed by atoms with Gasteiger partial charge < -0.3 is 10.4 Å². The summed E-state index contributed by atoms with van der Waals surface area (Å²) >= 11 is 0. The van der Waals surface area contributed by atoms with Crippen LogP contribution in [-0.4, -0.2) is 41.5 Å². The van der Waals surface area contributed by atoms with Gasteiger partial charge in [0.05, 0.1) is 6.10 Å². The molecule has 0 spiro atoms. The summed E-state index contributed by atoms with van der Waals surface area (Å²) in [6.07, 6.45) is 9.24. The van der Waals surface area contributed by atoms with Gasteiger partial charge in [0.25, 0.3) is 0 Å². The second kappa shape index (κ2) is 14.0. The molecule has 9 heteroatoms. The highest BCUT2D eigenvalue weighted by atomic mass is 19.4. The zero-order valence-corrected chi connectivity index (χ0v) is 26.3. The Morgan fingerprint density at radius 2 is 1.58 bits per heavy atom. The highest BCUT2D eigenvalue weighted by Crippen LogP contribution is 2.68. The number of nitrogens with one attached hydrogen (secondary N) is 1. The van der Waals surface area contributed by atoms with Gasteiger partial charge in [-0.25, -0.2) is 0 Å². The van der Waals surface area contributed by atoms with Crippen LogP contribution in [0.1, 0.15) is 136 Å². The third kappa shape index (κ3) is 7.77. The average Bonchev–Trinajstić information content (AvgIpc) is 3.23. The van der Waals surface area contributed by atoms with Crippen LogP contribution < -0.4 is 5.32 Å². The number of hydrogen-bond acceptors (Lipinski definition) is 3. The van der Waals surface area contributed by atoms with E-state index in [0.717, 1.165) is 70.6 Å². The van der Waals surface area contributed by atoms with Crippen molar-refractivity contribution in [2.45, 2.75) is 154 Å². The van der Waals surface area contributed by atoms with Gasteiger partial charge in [-0.05, 0) is 91.8 Å². The molecule has 4 rings (SSSR count). The second-order valence-corrected chi connectivity index (χ2v) is 15.1. The molecule has 4 saturated carbocycles. The summed E-state index contributed by atoms with van der Waals surface area (Å²) in [6, 6.07) is 0. The van der Waals surface area contributed by atoms with Crippen LogP contribution in [0.25, 0.3) is 0 Å². The molecule has 0 aromatic carbocycles. The molecule has 4 nitrogen and oxygen atoms in total. The Morgan fingerprint density at radius 3 is 2.28 bits per heavy atom. The number of unbranched alkanes of at least 4 members (excludes halogenated alkanes) is 6. The minimum absolute atomic E-state index is 0.0277. The summed E-state index contributed by atoms with van der Waals surface area (Å²) in [7, 11) is 0. The fraction of sp³-hybridized carbons (Fsp3) is 0.941. The van der Waals surface area contributed by atoms with Crippen molar-refractivity contribution in [3.63, 3.8) is 0 Å². The minimum Gasteiger partial charge on any atom is -0.393 e. The fourth-order valence-corrected chi connectivity index (χ4v) is 10.0. The molecule has 43 heavy (non-hydrogen) atoms. The second-order valence-electron chi connectivity index (χ2n) is 15.1. The van der Waals surface area contributed by atoms with Crippen molar-refractivity contribution >= 4 is 11.7 Å². The smallest absolute Gasteiger partial charge is 0.393 e. The number of halogens is 5. The van der Waals surface area contributed by atoms with E-state index in [1.807, 2.05) is 0 Å². The number of rotatable bonds is 14. The van der Waals surface area contributed by atoms with Crippen molar-refractivity contribution in [1.82, 2.24) is 5.32 Å². The number of aliphatic hydroxyl groups is 1. The normalized spacial score (nSPS) is 36.1. The van der Waals surface area contributed by atoms with Gasteiger partial charge in [0.1, 0.15) is 5.78 Å². The van der Waals surface area contributed by atoms with E-state index in [-0.39, 0.29) is 35.8 Å². The monoisotopic (exact) mass is 619 g/mol. The van der Waals surface area contributed by atoms with E-state index in [1.54, 1.807) is 0 Å². The van der Waals surface area contributed by atoms with Crippen molar-refractivity contribution < 1.29 is 36.6 Å². The molecule has 0 aromatic rings. The maximum Gasteiger partial charge on any atom is 0.453 e. The van der Waals surface area contributed by atoms with Gasteiger partial charge in [0.15, 0.2) is 0 Å². The Labute approximate surface area is 254 Å². The first-order valence-corrected chi connectivity index (χ1v) is 17.1. The fourth-order valence-electron chi connectivity index (χ4n) is 10.0. The quantitative estimate of drug-likeness (QED) is 0.151. The molecule has 0 aromatic heterocycles. The molecule has 0 aliphatic heterocycles. The maximum atomic E-state index is 12.9. The molecule has 4 fully saturated rings. The van der Waals surface area contributed by atoms with Crippen LogP contribution in [0.3, 0.4) is 0 Å². The Hall–Kier alpha value is -1.25. The number of ketones is 1. The highest BCUT2D eigenvalue weighted by molar-refractivity contribution is 5.79. The molecule has 2 N–H and O–H groups in total. The number of Topliss-reactive ketones (excluding diaryl/α,β-unsaturated/α-hetero) is 1. The van der Waals surface area contributed by atoms with E-state index >= 15 is 0 Å². The summed E-state index contributed by atoms with van der Waals surface area (Å²) < 4.78 is 62.4. The standard InChI is InChI=1S/C34H54F5NO3/c1-31-19-17-25(41)21-24(31)13-14-26-27-15-16-28(42)32(27,2)22-23(30(26)31)11-8-6-4-3-5-7-9-12-29(43)40-20-10-18-33(35,36)34(37,38)39/h23-24,26-28,30,42H,3-22H2,1-2H3,(H,40,43)/t23-,24-,26-,27-,28-,30-,31-,32-/m0/s1. The summed E-state index contributed by atoms with van der Waals surface area (Å²) in [6.45, 7) is 4.67.